The number of rotatable bonds is 4. The van der Waals surface area contributed by atoms with Crippen molar-refractivity contribution in [2.45, 2.75) is 37.6 Å². The van der Waals surface area contributed by atoms with Crippen LogP contribution in [0.2, 0.25) is 0 Å². The summed E-state index contributed by atoms with van der Waals surface area (Å²) in [5, 5.41) is 4.28. The highest BCUT2D eigenvalue weighted by atomic mass is 16.6. The van der Waals surface area contributed by atoms with Gasteiger partial charge in [0.25, 0.3) is 0 Å². The van der Waals surface area contributed by atoms with Gasteiger partial charge in [0.2, 0.25) is 0 Å². The fourth-order valence-electron chi connectivity index (χ4n) is 3.61. The predicted molar refractivity (Wildman–Crippen MR) is 83.9 cm³/mol. The quantitative estimate of drug-likeness (QED) is 0.862. The van der Waals surface area contributed by atoms with E-state index in [1.54, 1.807) is 6.26 Å². The maximum absolute atomic E-state index is 6.43. The molecule has 2 atom stereocenters. The Labute approximate surface area is 136 Å². The normalized spacial score (nSPS) is 29.1. The first kappa shape index (κ1) is 14.9. The highest BCUT2D eigenvalue weighted by Gasteiger charge is 2.43. The molecule has 6 nitrogen and oxygen atoms in total. The molecular formula is C17H23N3O3. The van der Waals surface area contributed by atoms with Crippen molar-refractivity contribution < 1.29 is 13.9 Å². The van der Waals surface area contributed by atoms with Crippen molar-refractivity contribution in [2.75, 3.05) is 26.3 Å². The summed E-state index contributed by atoms with van der Waals surface area (Å²) in [5.74, 6) is 0.994. The summed E-state index contributed by atoms with van der Waals surface area (Å²) >= 11 is 0. The third-order valence-electron chi connectivity index (χ3n) is 4.68. The first-order chi connectivity index (χ1) is 11.3. The molecule has 2 unspecified atom stereocenters. The van der Waals surface area contributed by atoms with E-state index in [0.29, 0.717) is 6.61 Å². The summed E-state index contributed by atoms with van der Waals surface area (Å²) < 4.78 is 19.7. The average Bonchev–Trinajstić information content (AvgIpc) is 3.25. The van der Waals surface area contributed by atoms with Crippen LogP contribution in [-0.4, -0.2) is 52.7 Å². The van der Waals surface area contributed by atoms with Crippen molar-refractivity contribution >= 4 is 0 Å². The Bertz CT molecular complexity index is 599. The van der Waals surface area contributed by atoms with Crippen LogP contribution in [0.5, 0.6) is 0 Å². The molecule has 124 valence electrons. The van der Waals surface area contributed by atoms with Gasteiger partial charge in [0, 0.05) is 25.5 Å². The molecule has 2 aromatic heterocycles. The van der Waals surface area contributed by atoms with Crippen LogP contribution < -0.4 is 0 Å². The van der Waals surface area contributed by atoms with Crippen LogP contribution in [0, 0.1) is 0 Å². The van der Waals surface area contributed by atoms with Crippen molar-refractivity contribution in [3.63, 3.8) is 0 Å². The number of furan rings is 1. The van der Waals surface area contributed by atoms with Crippen LogP contribution in [0.3, 0.4) is 0 Å². The Morgan fingerprint density at radius 2 is 2.35 bits per heavy atom. The van der Waals surface area contributed by atoms with Gasteiger partial charge >= 0.3 is 0 Å². The number of hydrogen-bond acceptors (Lipinski definition) is 5. The number of aromatic nitrogens is 2. The van der Waals surface area contributed by atoms with Gasteiger partial charge in [0.15, 0.2) is 0 Å². The van der Waals surface area contributed by atoms with E-state index < -0.39 is 0 Å². The molecule has 2 aromatic rings. The lowest BCUT2D eigenvalue weighted by atomic mass is 10.00. The van der Waals surface area contributed by atoms with E-state index >= 15 is 0 Å². The third-order valence-corrected chi connectivity index (χ3v) is 4.68. The van der Waals surface area contributed by atoms with Crippen LogP contribution in [0.25, 0.3) is 0 Å². The van der Waals surface area contributed by atoms with Crippen LogP contribution in [0.15, 0.2) is 41.3 Å². The highest BCUT2D eigenvalue weighted by Crippen LogP contribution is 2.34. The smallest absolute Gasteiger partial charge is 0.117 e. The molecule has 0 N–H and O–H groups in total. The van der Waals surface area contributed by atoms with Crippen molar-refractivity contribution in [2.24, 2.45) is 0 Å². The fourth-order valence-corrected chi connectivity index (χ4v) is 3.61. The Morgan fingerprint density at radius 1 is 1.35 bits per heavy atom. The maximum Gasteiger partial charge on any atom is 0.117 e. The molecule has 0 amide bonds. The van der Waals surface area contributed by atoms with Crippen LogP contribution in [-0.2, 0) is 22.6 Å². The standard InChI is InChI=1S/C17H23N3O3/c1-3-15(22-9-1)11-19-8-10-21-14-17(13-19)5-4-16(23-17)12-20-7-2-6-18-20/h1-3,6-7,9,16H,4-5,8,10-14H2. The largest absolute Gasteiger partial charge is 0.468 e. The van der Waals surface area contributed by atoms with Gasteiger partial charge in [-0.1, -0.05) is 0 Å². The molecule has 6 heteroatoms. The van der Waals surface area contributed by atoms with Crippen molar-refractivity contribution in [3.05, 3.63) is 42.6 Å². The molecule has 2 fully saturated rings. The SMILES string of the molecule is c1coc(CN2CCOCC3(CCC(Cn4cccn4)O3)C2)c1. The van der Waals surface area contributed by atoms with E-state index in [9.17, 15) is 0 Å². The lowest BCUT2D eigenvalue weighted by Crippen LogP contribution is -2.44. The Hall–Kier alpha value is -1.63. The second kappa shape index (κ2) is 6.47. The first-order valence-corrected chi connectivity index (χ1v) is 8.29. The minimum absolute atomic E-state index is 0.194. The molecule has 0 bridgehead atoms. The van der Waals surface area contributed by atoms with Gasteiger partial charge in [-0.15, -0.1) is 0 Å². The minimum Gasteiger partial charge on any atom is -0.468 e. The Balaban J connectivity index is 1.40. The Morgan fingerprint density at radius 3 is 3.17 bits per heavy atom. The molecule has 2 aliphatic heterocycles. The summed E-state index contributed by atoms with van der Waals surface area (Å²) in [6.45, 7) is 4.85. The van der Waals surface area contributed by atoms with E-state index in [2.05, 4.69) is 10.00 Å². The minimum atomic E-state index is -0.194. The summed E-state index contributed by atoms with van der Waals surface area (Å²) in [6, 6.07) is 5.91. The van der Waals surface area contributed by atoms with E-state index in [0.717, 1.165) is 51.4 Å². The fraction of sp³-hybridized carbons (Fsp3) is 0.588. The van der Waals surface area contributed by atoms with Crippen LogP contribution >= 0.6 is 0 Å². The molecular weight excluding hydrogens is 294 g/mol. The van der Waals surface area contributed by atoms with Crippen LogP contribution in [0.4, 0.5) is 0 Å². The molecule has 0 aromatic carbocycles. The molecule has 2 saturated heterocycles. The van der Waals surface area contributed by atoms with Crippen LogP contribution in [0.1, 0.15) is 18.6 Å². The zero-order valence-electron chi connectivity index (χ0n) is 13.3. The van der Waals surface area contributed by atoms with Gasteiger partial charge in [-0.25, -0.2) is 0 Å². The summed E-state index contributed by atoms with van der Waals surface area (Å²) in [4.78, 5) is 2.38. The maximum atomic E-state index is 6.43. The predicted octanol–water partition coefficient (Wildman–Crippen LogP) is 1.93. The molecule has 4 rings (SSSR count). The number of nitrogens with zero attached hydrogens (tertiary/aromatic N) is 3. The zero-order chi connectivity index (χ0) is 15.5. The van der Waals surface area contributed by atoms with E-state index in [1.165, 1.54) is 0 Å². The van der Waals surface area contributed by atoms with Gasteiger partial charge in [-0.05, 0) is 31.0 Å². The van der Waals surface area contributed by atoms with Gasteiger partial charge in [-0.3, -0.25) is 9.58 Å². The van der Waals surface area contributed by atoms with Crippen molar-refractivity contribution in [3.8, 4) is 0 Å². The van der Waals surface area contributed by atoms with Gasteiger partial charge in [0.1, 0.15) is 11.4 Å². The monoisotopic (exact) mass is 317 g/mol. The average molecular weight is 317 g/mol. The number of hydrogen-bond donors (Lipinski definition) is 0. The molecule has 2 aliphatic rings. The second-order valence-electron chi connectivity index (χ2n) is 6.53. The lowest BCUT2D eigenvalue weighted by Gasteiger charge is -2.31. The molecule has 0 saturated carbocycles. The van der Waals surface area contributed by atoms with Crippen molar-refractivity contribution in [1.82, 2.24) is 14.7 Å². The molecule has 0 aliphatic carbocycles. The van der Waals surface area contributed by atoms with Gasteiger partial charge in [0.05, 0.1) is 38.7 Å². The second-order valence-corrected chi connectivity index (χ2v) is 6.53. The summed E-state index contributed by atoms with van der Waals surface area (Å²) in [6.07, 6.45) is 7.82. The lowest BCUT2D eigenvalue weighted by molar-refractivity contribution is -0.0907. The molecule has 0 radical (unpaired) electrons. The molecule has 23 heavy (non-hydrogen) atoms. The zero-order valence-corrected chi connectivity index (χ0v) is 13.3. The van der Waals surface area contributed by atoms with Crippen molar-refractivity contribution in [1.29, 1.82) is 0 Å². The van der Waals surface area contributed by atoms with E-state index in [4.69, 9.17) is 13.9 Å². The molecule has 4 heterocycles. The van der Waals surface area contributed by atoms with E-state index in [-0.39, 0.29) is 11.7 Å². The molecule has 1 spiro atoms. The van der Waals surface area contributed by atoms with Gasteiger partial charge < -0.3 is 13.9 Å². The van der Waals surface area contributed by atoms with Gasteiger partial charge in [-0.2, -0.15) is 5.10 Å². The summed E-state index contributed by atoms with van der Waals surface area (Å²) in [5.41, 5.74) is -0.194. The number of ether oxygens (including phenoxy) is 2. The first-order valence-electron chi connectivity index (χ1n) is 8.29. The summed E-state index contributed by atoms with van der Waals surface area (Å²) in [7, 11) is 0. The topological polar surface area (TPSA) is 52.7 Å². The third kappa shape index (κ3) is 3.49. The van der Waals surface area contributed by atoms with E-state index in [1.807, 2.05) is 35.3 Å². The Kier molecular flexibility index (Phi) is 4.20. The highest BCUT2D eigenvalue weighted by molar-refractivity contribution is 5.00.